The molecule has 0 atom stereocenters. The number of aliphatic carboxylic acids is 1. The number of amides is 1. The van der Waals surface area contributed by atoms with Crippen LogP contribution in [0.4, 0.5) is 0 Å². The molecule has 6 nitrogen and oxygen atoms in total. The summed E-state index contributed by atoms with van der Waals surface area (Å²) in [6, 6.07) is 6.62. The van der Waals surface area contributed by atoms with E-state index in [1.54, 1.807) is 24.3 Å². The third kappa shape index (κ3) is 5.21. The first-order valence-corrected chi connectivity index (χ1v) is 9.83. The number of hydrogen-bond acceptors (Lipinski definition) is 4. The topological polar surface area (TPSA) is 91.8 Å². The molecule has 1 N–H and O–H groups in total. The Kier molecular flexibility index (Phi) is 6.23. The molecule has 0 bridgehead atoms. The van der Waals surface area contributed by atoms with Crippen LogP contribution in [0, 0.1) is 0 Å². The van der Waals surface area contributed by atoms with Gasteiger partial charge in [-0.15, -0.1) is 0 Å². The van der Waals surface area contributed by atoms with E-state index in [0.717, 1.165) is 17.7 Å². The van der Waals surface area contributed by atoms with Crippen LogP contribution in [-0.2, 0) is 26.0 Å². The van der Waals surface area contributed by atoms with E-state index in [2.05, 4.69) is 0 Å². The Morgan fingerprint density at radius 2 is 1.75 bits per heavy atom. The van der Waals surface area contributed by atoms with Gasteiger partial charge < -0.3 is 10.0 Å². The van der Waals surface area contributed by atoms with Gasteiger partial charge in [-0.25, -0.2) is 8.42 Å². The lowest BCUT2D eigenvalue weighted by atomic mass is 10.2. The molecule has 1 aliphatic rings. The second-order valence-corrected chi connectivity index (χ2v) is 8.70. The second kappa shape index (κ2) is 7.98. The van der Waals surface area contributed by atoms with Gasteiger partial charge >= 0.3 is 5.97 Å². The zero-order valence-electron chi connectivity index (χ0n) is 13.2. The van der Waals surface area contributed by atoms with Gasteiger partial charge in [-0.05, 0) is 30.5 Å². The summed E-state index contributed by atoms with van der Waals surface area (Å²) in [6.07, 6.45) is 2.85. The highest BCUT2D eigenvalue weighted by Crippen LogP contribution is 2.25. The minimum absolute atomic E-state index is 0.0302. The lowest BCUT2D eigenvalue weighted by Gasteiger charge is -2.22. The quantitative estimate of drug-likeness (QED) is 0.790. The molecule has 0 unspecified atom stereocenters. The van der Waals surface area contributed by atoms with Gasteiger partial charge in [0.05, 0.1) is 5.25 Å². The maximum atomic E-state index is 12.4. The lowest BCUT2D eigenvalue weighted by molar-refractivity contribution is -0.143. The Hall–Kier alpha value is -1.60. The lowest BCUT2D eigenvalue weighted by Crippen LogP contribution is -2.40. The van der Waals surface area contributed by atoms with E-state index in [9.17, 15) is 18.0 Å². The van der Waals surface area contributed by atoms with Gasteiger partial charge in [-0.2, -0.15) is 0 Å². The number of nitrogens with zero attached hydrogens (tertiary/aromatic N) is 1. The summed E-state index contributed by atoms with van der Waals surface area (Å²) < 4.78 is 24.6. The van der Waals surface area contributed by atoms with Crippen LogP contribution in [0.1, 0.15) is 31.2 Å². The molecule has 1 amide bonds. The van der Waals surface area contributed by atoms with Gasteiger partial charge in [0.25, 0.3) is 0 Å². The van der Waals surface area contributed by atoms with Crippen molar-refractivity contribution in [3.63, 3.8) is 0 Å². The van der Waals surface area contributed by atoms with Crippen molar-refractivity contribution < 1.29 is 23.1 Å². The molecule has 1 aromatic rings. The number of benzene rings is 1. The monoisotopic (exact) mass is 373 g/mol. The van der Waals surface area contributed by atoms with Crippen molar-refractivity contribution in [2.75, 3.05) is 12.3 Å². The Morgan fingerprint density at radius 3 is 2.29 bits per heavy atom. The molecule has 132 valence electrons. The van der Waals surface area contributed by atoms with E-state index in [1.807, 2.05) is 0 Å². The van der Waals surface area contributed by atoms with Crippen LogP contribution >= 0.6 is 11.6 Å². The van der Waals surface area contributed by atoms with Gasteiger partial charge in [0.15, 0.2) is 9.84 Å². The van der Waals surface area contributed by atoms with Crippen molar-refractivity contribution >= 4 is 33.3 Å². The largest absolute Gasteiger partial charge is 0.480 e. The number of carbonyl (C=O) groups excluding carboxylic acids is 1. The summed E-state index contributed by atoms with van der Waals surface area (Å²) in [4.78, 5) is 24.4. The van der Waals surface area contributed by atoms with Crippen LogP contribution in [0.25, 0.3) is 0 Å². The van der Waals surface area contributed by atoms with Crippen molar-refractivity contribution in [3.8, 4) is 0 Å². The molecule has 1 aliphatic carbocycles. The highest BCUT2D eigenvalue weighted by molar-refractivity contribution is 7.92. The number of hydrogen-bond donors (Lipinski definition) is 1. The third-order valence-corrected chi connectivity index (χ3v) is 6.49. The second-order valence-electron chi connectivity index (χ2n) is 5.98. The average Bonchev–Trinajstić information content (AvgIpc) is 3.03. The van der Waals surface area contributed by atoms with Crippen LogP contribution in [0.2, 0.25) is 5.02 Å². The summed E-state index contributed by atoms with van der Waals surface area (Å²) in [5.41, 5.74) is 0.687. The highest BCUT2D eigenvalue weighted by atomic mass is 35.5. The molecule has 0 saturated heterocycles. The predicted molar refractivity (Wildman–Crippen MR) is 90.5 cm³/mol. The fraction of sp³-hybridized carbons (Fsp3) is 0.500. The summed E-state index contributed by atoms with van der Waals surface area (Å²) in [7, 11) is -3.54. The zero-order valence-corrected chi connectivity index (χ0v) is 14.7. The number of halogens is 1. The molecule has 0 aliphatic heterocycles. The van der Waals surface area contributed by atoms with Crippen molar-refractivity contribution in [2.45, 2.75) is 37.5 Å². The summed E-state index contributed by atoms with van der Waals surface area (Å²) >= 11 is 5.80. The van der Waals surface area contributed by atoms with Crippen LogP contribution in [0.3, 0.4) is 0 Å². The number of carboxylic acid groups (broad SMARTS) is 1. The van der Waals surface area contributed by atoms with Gasteiger partial charge in [0.1, 0.15) is 12.3 Å². The van der Waals surface area contributed by atoms with Gasteiger partial charge in [0.2, 0.25) is 5.91 Å². The Balaban J connectivity index is 2.09. The molecular weight excluding hydrogens is 354 g/mol. The van der Waals surface area contributed by atoms with Crippen LogP contribution in [0.5, 0.6) is 0 Å². The fourth-order valence-corrected chi connectivity index (χ4v) is 4.77. The van der Waals surface area contributed by atoms with Gasteiger partial charge in [0, 0.05) is 11.6 Å². The molecule has 0 heterocycles. The Labute approximate surface area is 146 Å². The standard InChI is InChI=1S/C16H20ClNO5S/c17-13-7-5-12(6-8-13)9-18(10-16(20)21)15(19)11-24(22,23)14-3-1-2-4-14/h5-8,14H,1-4,9-11H2,(H,20,21). The van der Waals surface area contributed by atoms with Crippen molar-refractivity contribution in [3.05, 3.63) is 34.9 Å². The minimum Gasteiger partial charge on any atom is -0.480 e. The first-order chi connectivity index (χ1) is 11.3. The normalized spacial score (nSPS) is 15.4. The molecular formula is C16H20ClNO5S. The highest BCUT2D eigenvalue weighted by Gasteiger charge is 2.32. The smallest absolute Gasteiger partial charge is 0.323 e. The zero-order chi connectivity index (χ0) is 17.7. The van der Waals surface area contributed by atoms with Crippen molar-refractivity contribution in [2.24, 2.45) is 0 Å². The van der Waals surface area contributed by atoms with Crippen molar-refractivity contribution in [1.82, 2.24) is 4.90 Å². The molecule has 8 heteroatoms. The fourth-order valence-electron chi connectivity index (χ4n) is 2.83. The predicted octanol–water partition coefficient (Wildman–Crippen LogP) is 2.11. The van der Waals surface area contributed by atoms with E-state index in [4.69, 9.17) is 16.7 Å². The average molecular weight is 374 g/mol. The molecule has 0 radical (unpaired) electrons. The van der Waals surface area contributed by atoms with Crippen molar-refractivity contribution in [1.29, 1.82) is 0 Å². The van der Waals surface area contributed by atoms with E-state index in [-0.39, 0.29) is 6.54 Å². The van der Waals surface area contributed by atoms with E-state index >= 15 is 0 Å². The number of carbonyl (C=O) groups is 2. The molecule has 1 saturated carbocycles. The summed E-state index contributed by atoms with van der Waals surface area (Å²) in [6.45, 7) is -0.510. The maximum Gasteiger partial charge on any atom is 0.323 e. The van der Waals surface area contributed by atoms with Crippen LogP contribution in [0.15, 0.2) is 24.3 Å². The van der Waals surface area contributed by atoms with E-state index in [1.165, 1.54) is 0 Å². The molecule has 0 aromatic heterocycles. The number of carboxylic acids is 1. The first-order valence-electron chi connectivity index (χ1n) is 7.73. The SMILES string of the molecule is O=C(O)CN(Cc1ccc(Cl)cc1)C(=O)CS(=O)(=O)C1CCCC1. The number of rotatable bonds is 7. The van der Waals surface area contributed by atoms with E-state index in [0.29, 0.717) is 23.4 Å². The Morgan fingerprint density at radius 1 is 1.17 bits per heavy atom. The van der Waals surface area contributed by atoms with Gasteiger partial charge in [-0.1, -0.05) is 36.6 Å². The molecule has 2 rings (SSSR count). The first kappa shape index (κ1) is 18.7. The maximum absolute atomic E-state index is 12.4. The molecule has 24 heavy (non-hydrogen) atoms. The minimum atomic E-state index is -3.54. The van der Waals surface area contributed by atoms with Gasteiger partial charge in [-0.3, -0.25) is 9.59 Å². The molecule has 1 fully saturated rings. The number of sulfone groups is 1. The Bertz CT molecular complexity index is 696. The van der Waals surface area contributed by atoms with Crippen LogP contribution < -0.4 is 0 Å². The molecule has 0 spiro atoms. The van der Waals surface area contributed by atoms with E-state index < -0.39 is 39.3 Å². The third-order valence-electron chi connectivity index (χ3n) is 4.10. The van der Waals surface area contributed by atoms with Crippen LogP contribution in [-0.4, -0.2) is 47.8 Å². The molecule has 1 aromatic carbocycles. The summed E-state index contributed by atoms with van der Waals surface area (Å²) in [5.74, 6) is -2.51. The summed E-state index contributed by atoms with van der Waals surface area (Å²) in [5, 5.41) is 9.04.